The van der Waals surface area contributed by atoms with Crippen LogP contribution in [0.25, 0.3) is 0 Å². The first-order valence-corrected chi connectivity index (χ1v) is 9.71. The number of hydrogen-bond acceptors (Lipinski definition) is 9. The lowest BCUT2D eigenvalue weighted by Gasteiger charge is -2.29. The van der Waals surface area contributed by atoms with Gasteiger partial charge >= 0.3 is 17.9 Å². The molecule has 0 saturated carbocycles. The smallest absolute Gasteiger partial charge is 0.336 e. The van der Waals surface area contributed by atoms with Crippen LogP contribution in [0.5, 0.6) is 0 Å². The highest BCUT2D eigenvalue weighted by Gasteiger charge is 2.60. The summed E-state index contributed by atoms with van der Waals surface area (Å²) < 4.78 is 22.1. The van der Waals surface area contributed by atoms with Gasteiger partial charge in [-0.15, -0.1) is 0 Å². The molecule has 0 unspecified atom stereocenters. The topological polar surface area (TPSA) is 132 Å². The molecule has 2 aliphatic heterocycles. The predicted molar refractivity (Wildman–Crippen MR) is 102 cm³/mol. The molecule has 0 aromatic carbocycles. The second kappa shape index (κ2) is 8.71. The number of esters is 3. The van der Waals surface area contributed by atoms with E-state index >= 15 is 0 Å². The molecule has 3 aliphatic rings. The summed E-state index contributed by atoms with van der Waals surface area (Å²) in [4.78, 5) is 36.0. The van der Waals surface area contributed by atoms with Crippen molar-refractivity contribution in [2.45, 2.75) is 50.1 Å². The van der Waals surface area contributed by atoms with Gasteiger partial charge in [0, 0.05) is 18.9 Å². The van der Waals surface area contributed by atoms with E-state index in [-0.39, 0.29) is 36.9 Å². The van der Waals surface area contributed by atoms with Gasteiger partial charge in [0.2, 0.25) is 0 Å². The van der Waals surface area contributed by atoms with Crippen molar-refractivity contribution in [2.24, 2.45) is 5.92 Å². The monoisotopic (exact) mass is 422 g/mol. The molecule has 164 valence electrons. The van der Waals surface area contributed by atoms with Crippen LogP contribution in [0.2, 0.25) is 0 Å². The molecule has 2 fully saturated rings. The quantitative estimate of drug-likeness (QED) is 0.205. The Kier molecular flexibility index (Phi) is 6.44. The van der Waals surface area contributed by atoms with E-state index in [0.29, 0.717) is 18.4 Å². The summed E-state index contributed by atoms with van der Waals surface area (Å²) in [5.74, 6) is -2.65. The molecule has 1 aliphatic carbocycles. The van der Waals surface area contributed by atoms with E-state index in [2.05, 4.69) is 13.2 Å². The highest BCUT2D eigenvalue weighted by molar-refractivity contribution is 5.92. The van der Waals surface area contributed by atoms with Gasteiger partial charge in [0.05, 0.1) is 30.8 Å². The fourth-order valence-electron chi connectivity index (χ4n) is 3.97. The average Bonchev–Trinajstić information content (AvgIpc) is 3.32. The highest BCUT2D eigenvalue weighted by Crippen LogP contribution is 2.48. The van der Waals surface area contributed by atoms with Crippen LogP contribution in [0.4, 0.5) is 0 Å². The number of aliphatic hydroxyl groups is 2. The molecular formula is C21H26O9. The zero-order valence-corrected chi connectivity index (χ0v) is 16.8. The van der Waals surface area contributed by atoms with Crippen LogP contribution in [0, 0.1) is 5.92 Å². The lowest BCUT2D eigenvalue weighted by molar-refractivity contribution is -0.151. The molecule has 0 bridgehead atoms. The Morgan fingerprint density at radius 1 is 1.37 bits per heavy atom. The van der Waals surface area contributed by atoms with Crippen molar-refractivity contribution in [3.05, 3.63) is 36.0 Å². The first-order chi connectivity index (χ1) is 14.2. The number of hydrogen-bond donors (Lipinski definition) is 2. The number of carbonyl (C=O) groups is 3. The molecule has 0 spiro atoms. The molecule has 9 heteroatoms. The van der Waals surface area contributed by atoms with Gasteiger partial charge in [0.25, 0.3) is 0 Å². The number of epoxide rings is 1. The first-order valence-electron chi connectivity index (χ1n) is 9.71. The summed E-state index contributed by atoms with van der Waals surface area (Å²) in [6.45, 7) is 7.70. The highest BCUT2D eigenvalue weighted by atomic mass is 16.6. The van der Waals surface area contributed by atoms with Crippen LogP contribution in [-0.2, 0) is 33.3 Å². The zero-order valence-electron chi connectivity index (χ0n) is 16.8. The van der Waals surface area contributed by atoms with Gasteiger partial charge in [-0.1, -0.05) is 13.2 Å². The van der Waals surface area contributed by atoms with Crippen molar-refractivity contribution in [1.82, 2.24) is 0 Å². The van der Waals surface area contributed by atoms with Crippen LogP contribution in [0.1, 0.15) is 26.2 Å². The standard InChI is InChI=1S/C21H26O9/c1-11(8-22)19(25)29-16-7-21(10-27-13(3)24)17(30-21)5-4-14(9-23)6-15-18(16)12(2)20(26)28-15/h6,15-18,22-23H,1-2,4-5,7-10H2,3H3/b14-6-/t15-,16+,17-,18+,21+/m1/s1. The third kappa shape index (κ3) is 4.48. The largest absolute Gasteiger partial charge is 0.463 e. The van der Waals surface area contributed by atoms with Crippen LogP contribution in [0.3, 0.4) is 0 Å². The third-order valence-corrected chi connectivity index (χ3v) is 5.70. The van der Waals surface area contributed by atoms with Crippen molar-refractivity contribution in [2.75, 3.05) is 19.8 Å². The molecule has 2 saturated heterocycles. The van der Waals surface area contributed by atoms with Crippen molar-refractivity contribution in [3.8, 4) is 0 Å². The lowest BCUT2D eigenvalue weighted by Crippen LogP contribution is -2.40. The molecule has 9 nitrogen and oxygen atoms in total. The molecule has 0 aromatic rings. The van der Waals surface area contributed by atoms with Crippen LogP contribution in [0.15, 0.2) is 36.0 Å². The Hall–Kier alpha value is -2.49. The summed E-state index contributed by atoms with van der Waals surface area (Å²) in [5.41, 5.74) is -0.267. The molecule has 2 N–H and O–H groups in total. The average molecular weight is 422 g/mol. The fourth-order valence-corrected chi connectivity index (χ4v) is 3.97. The van der Waals surface area contributed by atoms with Crippen molar-refractivity contribution >= 4 is 17.9 Å². The Bertz CT molecular complexity index is 798. The van der Waals surface area contributed by atoms with Gasteiger partial charge in [0.15, 0.2) is 0 Å². The van der Waals surface area contributed by atoms with Gasteiger partial charge in [-0.2, -0.15) is 0 Å². The normalized spacial score (nSPS) is 34.6. The second-order valence-electron chi connectivity index (χ2n) is 7.80. The Morgan fingerprint density at radius 3 is 2.73 bits per heavy atom. The SMILES string of the molecule is C=C(CO)C(=O)O[C@H]1C[C@@]2(COC(C)=O)O[C@@H]2CC/C(CO)=C/[C@H]2OC(=O)C(=C)[C@H]12. The van der Waals surface area contributed by atoms with E-state index < -0.39 is 48.2 Å². The zero-order chi connectivity index (χ0) is 22.1. The van der Waals surface area contributed by atoms with Gasteiger partial charge in [-0.3, -0.25) is 4.79 Å². The minimum Gasteiger partial charge on any atom is -0.463 e. The van der Waals surface area contributed by atoms with Gasteiger partial charge in [0.1, 0.15) is 24.4 Å². The van der Waals surface area contributed by atoms with E-state index in [1.54, 1.807) is 6.08 Å². The Balaban J connectivity index is 1.97. The van der Waals surface area contributed by atoms with Crippen LogP contribution >= 0.6 is 0 Å². The number of rotatable bonds is 6. The molecule has 0 aromatic heterocycles. The molecule has 0 amide bonds. The van der Waals surface area contributed by atoms with E-state index in [9.17, 15) is 24.6 Å². The summed E-state index contributed by atoms with van der Waals surface area (Å²) in [6.07, 6.45) is 0.856. The van der Waals surface area contributed by atoms with Crippen molar-refractivity contribution in [3.63, 3.8) is 0 Å². The molecule has 5 atom stereocenters. The van der Waals surface area contributed by atoms with Gasteiger partial charge < -0.3 is 29.2 Å². The maximum Gasteiger partial charge on any atom is 0.336 e. The number of carbonyl (C=O) groups excluding carboxylic acids is 3. The minimum atomic E-state index is -0.917. The third-order valence-electron chi connectivity index (χ3n) is 5.70. The van der Waals surface area contributed by atoms with E-state index in [1.165, 1.54) is 6.92 Å². The summed E-state index contributed by atoms with van der Waals surface area (Å²) >= 11 is 0. The number of aliphatic hydroxyl groups excluding tert-OH is 2. The van der Waals surface area contributed by atoms with Gasteiger partial charge in [-0.05, 0) is 24.5 Å². The maximum absolute atomic E-state index is 12.4. The van der Waals surface area contributed by atoms with Crippen molar-refractivity contribution < 1.29 is 43.5 Å². The van der Waals surface area contributed by atoms with Crippen LogP contribution in [-0.4, -0.2) is 71.9 Å². The molecule has 3 rings (SSSR count). The fraction of sp³-hybridized carbons (Fsp3) is 0.571. The van der Waals surface area contributed by atoms with Gasteiger partial charge in [-0.25, -0.2) is 9.59 Å². The molecule has 0 radical (unpaired) electrons. The first kappa shape index (κ1) is 22.2. The molecular weight excluding hydrogens is 396 g/mol. The van der Waals surface area contributed by atoms with E-state index in [1.807, 2.05) is 0 Å². The number of ether oxygens (including phenoxy) is 4. The molecule has 2 heterocycles. The Labute approximate surface area is 173 Å². The predicted octanol–water partition coefficient (Wildman–Crippen LogP) is 0.348. The summed E-state index contributed by atoms with van der Waals surface area (Å²) in [5, 5.41) is 18.9. The summed E-state index contributed by atoms with van der Waals surface area (Å²) in [6, 6.07) is 0. The van der Waals surface area contributed by atoms with Crippen molar-refractivity contribution in [1.29, 1.82) is 0 Å². The van der Waals surface area contributed by atoms with E-state index in [0.717, 1.165) is 0 Å². The Morgan fingerprint density at radius 2 is 2.10 bits per heavy atom. The lowest BCUT2D eigenvalue weighted by atomic mass is 9.82. The maximum atomic E-state index is 12.4. The van der Waals surface area contributed by atoms with Crippen LogP contribution < -0.4 is 0 Å². The minimum absolute atomic E-state index is 0.0428. The summed E-state index contributed by atoms with van der Waals surface area (Å²) in [7, 11) is 0. The second-order valence-corrected chi connectivity index (χ2v) is 7.80. The number of fused-ring (bicyclic) bond motifs is 2. The molecule has 30 heavy (non-hydrogen) atoms. The van der Waals surface area contributed by atoms with E-state index in [4.69, 9.17) is 18.9 Å².